The fraction of sp³-hybridized carbons (Fsp3) is 0.250. The number of pyridine rings is 1. The van der Waals surface area contributed by atoms with Crippen LogP contribution in [0.1, 0.15) is 24.6 Å². The number of para-hydroxylation sites is 1. The van der Waals surface area contributed by atoms with Gasteiger partial charge in [0.2, 0.25) is 0 Å². The van der Waals surface area contributed by atoms with Gasteiger partial charge in [0.05, 0.1) is 0 Å². The zero-order chi connectivity index (χ0) is 14.8. The number of aromatic nitrogens is 1. The molecule has 1 aliphatic rings. The van der Waals surface area contributed by atoms with Gasteiger partial charge in [-0.15, -0.1) is 0 Å². The second kappa shape index (κ2) is 5.44. The predicted octanol–water partition coefficient (Wildman–Crippen LogP) is 2.65. The van der Waals surface area contributed by atoms with E-state index in [1.54, 1.807) is 6.07 Å². The number of rotatable bonds is 2. The maximum absolute atomic E-state index is 8.81. The molecule has 1 aliphatic heterocycles. The number of fused-ring (bicyclic) bond motifs is 1. The third kappa shape index (κ3) is 2.42. The maximum atomic E-state index is 8.81. The molecule has 0 saturated carbocycles. The van der Waals surface area contributed by atoms with Crippen LogP contribution in [0.25, 0.3) is 0 Å². The van der Waals surface area contributed by atoms with Crippen LogP contribution in [0.5, 0.6) is 0 Å². The van der Waals surface area contributed by atoms with Gasteiger partial charge in [-0.1, -0.05) is 29.4 Å². The second-order valence-corrected chi connectivity index (χ2v) is 5.25. The van der Waals surface area contributed by atoms with Gasteiger partial charge in [0.1, 0.15) is 11.5 Å². The molecular weight excluding hydrogens is 264 g/mol. The van der Waals surface area contributed by atoms with E-state index in [1.807, 2.05) is 18.2 Å². The molecule has 0 spiro atoms. The Morgan fingerprint density at radius 3 is 2.90 bits per heavy atom. The Morgan fingerprint density at radius 1 is 1.29 bits per heavy atom. The zero-order valence-corrected chi connectivity index (χ0v) is 11.9. The SMILES string of the molecule is CC1CCc2ccccc2N1c1cccc(C(N)=NO)n1. The number of amidine groups is 1. The number of oxime groups is 1. The molecule has 0 saturated heterocycles. The van der Waals surface area contributed by atoms with E-state index in [0.29, 0.717) is 11.7 Å². The summed E-state index contributed by atoms with van der Waals surface area (Å²) in [6, 6.07) is 14.3. The Bertz CT molecular complexity index is 683. The molecule has 0 amide bonds. The normalized spacial score (nSPS) is 18.4. The molecule has 2 heterocycles. The van der Waals surface area contributed by atoms with Crippen LogP contribution in [0.2, 0.25) is 0 Å². The first-order chi connectivity index (χ1) is 10.2. The second-order valence-electron chi connectivity index (χ2n) is 5.25. The summed E-state index contributed by atoms with van der Waals surface area (Å²) in [5, 5.41) is 11.8. The molecule has 3 N–H and O–H groups in total. The first-order valence-electron chi connectivity index (χ1n) is 7.03. The van der Waals surface area contributed by atoms with Crippen LogP contribution in [-0.2, 0) is 6.42 Å². The quantitative estimate of drug-likeness (QED) is 0.384. The van der Waals surface area contributed by atoms with Crippen molar-refractivity contribution in [2.75, 3.05) is 4.90 Å². The summed E-state index contributed by atoms with van der Waals surface area (Å²) in [7, 11) is 0. The fourth-order valence-electron chi connectivity index (χ4n) is 2.79. The first kappa shape index (κ1) is 13.4. The number of hydrogen-bond acceptors (Lipinski definition) is 4. The molecule has 1 atom stereocenters. The Kier molecular flexibility index (Phi) is 3.48. The molecule has 1 aromatic carbocycles. The summed E-state index contributed by atoms with van der Waals surface area (Å²) in [6.45, 7) is 2.19. The summed E-state index contributed by atoms with van der Waals surface area (Å²) in [4.78, 5) is 6.74. The van der Waals surface area contributed by atoms with Crippen molar-refractivity contribution >= 4 is 17.3 Å². The largest absolute Gasteiger partial charge is 0.409 e. The summed E-state index contributed by atoms with van der Waals surface area (Å²) < 4.78 is 0. The van der Waals surface area contributed by atoms with Gasteiger partial charge in [-0.2, -0.15) is 0 Å². The third-order valence-corrected chi connectivity index (χ3v) is 3.87. The monoisotopic (exact) mass is 282 g/mol. The molecule has 0 radical (unpaired) electrons. The van der Waals surface area contributed by atoms with E-state index >= 15 is 0 Å². The number of anilines is 2. The van der Waals surface area contributed by atoms with Gasteiger partial charge >= 0.3 is 0 Å². The van der Waals surface area contributed by atoms with E-state index in [1.165, 1.54) is 11.3 Å². The lowest BCUT2D eigenvalue weighted by Crippen LogP contribution is -2.34. The lowest BCUT2D eigenvalue weighted by atomic mass is 9.96. The lowest BCUT2D eigenvalue weighted by Gasteiger charge is -2.36. The molecular formula is C16H18N4O. The highest BCUT2D eigenvalue weighted by Crippen LogP contribution is 2.35. The van der Waals surface area contributed by atoms with Gasteiger partial charge in [0.15, 0.2) is 5.84 Å². The molecule has 1 aromatic heterocycles. The average molecular weight is 282 g/mol. The number of nitrogens with zero attached hydrogens (tertiary/aromatic N) is 3. The van der Waals surface area contributed by atoms with Crippen LogP contribution in [0.15, 0.2) is 47.6 Å². The molecule has 3 rings (SSSR count). The Morgan fingerprint density at radius 2 is 2.10 bits per heavy atom. The summed E-state index contributed by atoms with van der Waals surface area (Å²) in [5.74, 6) is 0.841. The van der Waals surface area contributed by atoms with Crippen LogP contribution in [-0.4, -0.2) is 22.1 Å². The van der Waals surface area contributed by atoms with Crippen LogP contribution in [0.4, 0.5) is 11.5 Å². The van der Waals surface area contributed by atoms with Crippen molar-refractivity contribution in [2.24, 2.45) is 10.9 Å². The summed E-state index contributed by atoms with van der Waals surface area (Å²) in [5.41, 5.74) is 8.62. The minimum absolute atomic E-state index is 0.0230. The van der Waals surface area contributed by atoms with Gasteiger partial charge < -0.3 is 15.8 Å². The Hall–Kier alpha value is -2.56. The highest BCUT2D eigenvalue weighted by molar-refractivity contribution is 5.95. The molecule has 5 heteroatoms. The zero-order valence-electron chi connectivity index (χ0n) is 11.9. The molecule has 108 valence electrons. The third-order valence-electron chi connectivity index (χ3n) is 3.87. The van der Waals surface area contributed by atoms with Crippen molar-refractivity contribution in [3.05, 3.63) is 53.7 Å². The molecule has 5 nitrogen and oxygen atoms in total. The minimum atomic E-state index is 0.0230. The maximum Gasteiger partial charge on any atom is 0.188 e. The molecule has 2 aromatic rings. The molecule has 0 fully saturated rings. The first-order valence-corrected chi connectivity index (χ1v) is 7.03. The molecule has 21 heavy (non-hydrogen) atoms. The van der Waals surface area contributed by atoms with Crippen molar-refractivity contribution in [3.8, 4) is 0 Å². The number of hydrogen-bond donors (Lipinski definition) is 2. The minimum Gasteiger partial charge on any atom is -0.409 e. The van der Waals surface area contributed by atoms with Gasteiger partial charge in [-0.25, -0.2) is 4.98 Å². The van der Waals surface area contributed by atoms with E-state index in [4.69, 9.17) is 10.9 Å². The molecule has 0 bridgehead atoms. The standard InChI is InChI=1S/C16H18N4O/c1-11-9-10-12-5-2-3-7-14(12)20(11)15-8-4-6-13(18-15)16(17)19-21/h2-8,11,21H,9-10H2,1H3,(H2,17,19). The molecule has 1 unspecified atom stereocenters. The van der Waals surface area contributed by atoms with Crippen molar-refractivity contribution in [1.82, 2.24) is 4.98 Å². The van der Waals surface area contributed by atoms with Crippen molar-refractivity contribution in [2.45, 2.75) is 25.8 Å². The van der Waals surface area contributed by atoms with Gasteiger partial charge in [0, 0.05) is 11.7 Å². The van der Waals surface area contributed by atoms with E-state index < -0.39 is 0 Å². The fourth-order valence-corrected chi connectivity index (χ4v) is 2.79. The van der Waals surface area contributed by atoms with Gasteiger partial charge in [-0.3, -0.25) is 0 Å². The van der Waals surface area contributed by atoms with Crippen LogP contribution < -0.4 is 10.6 Å². The van der Waals surface area contributed by atoms with Gasteiger partial charge in [0.25, 0.3) is 0 Å². The number of benzene rings is 1. The van der Waals surface area contributed by atoms with Crippen LogP contribution in [0, 0.1) is 0 Å². The van der Waals surface area contributed by atoms with Crippen molar-refractivity contribution < 1.29 is 5.21 Å². The summed E-state index contributed by atoms with van der Waals surface area (Å²) >= 11 is 0. The van der Waals surface area contributed by atoms with E-state index in [2.05, 4.69) is 40.2 Å². The van der Waals surface area contributed by atoms with Crippen molar-refractivity contribution in [3.63, 3.8) is 0 Å². The van der Waals surface area contributed by atoms with E-state index in [-0.39, 0.29) is 5.84 Å². The Labute approximate surface area is 123 Å². The van der Waals surface area contributed by atoms with Gasteiger partial charge in [-0.05, 0) is 43.5 Å². The summed E-state index contributed by atoms with van der Waals surface area (Å²) in [6.07, 6.45) is 2.15. The highest BCUT2D eigenvalue weighted by atomic mass is 16.4. The predicted molar refractivity (Wildman–Crippen MR) is 83.1 cm³/mol. The Balaban J connectivity index is 2.07. The average Bonchev–Trinajstić information content (AvgIpc) is 2.54. The van der Waals surface area contributed by atoms with E-state index in [0.717, 1.165) is 18.7 Å². The topological polar surface area (TPSA) is 74.7 Å². The van der Waals surface area contributed by atoms with Crippen LogP contribution in [0.3, 0.4) is 0 Å². The number of aryl methyl sites for hydroxylation is 1. The number of nitrogens with two attached hydrogens (primary N) is 1. The van der Waals surface area contributed by atoms with E-state index in [9.17, 15) is 0 Å². The van der Waals surface area contributed by atoms with Crippen LogP contribution >= 0.6 is 0 Å². The smallest absolute Gasteiger partial charge is 0.188 e. The lowest BCUT2D eigenvalue weighted by molar-refractivity contribution is 0.318. The molecule has 0 aliphatic carbocycles. The van der Waals surface area contributed by atoms with Crippen molar-refractivity contribution in [1.29, 1.82) is 0 Å². The highest BCUT2D eigenvalue weighted by Gasteiger charge is 2.25.